The van der Waals surface area contributed by atoms with Crippen molar-refractivity contribution in [2.75, 3.05) is 27.2 Å². The van der Waals surface area contributed by atoms with Crippen LogP contribution in [0.3, 0.4) is 0 Å². The molecule has 0 saturated heterocycles. The van der Waals surface area contributed by atoms with Crippen molar-refractivity contribution < 1.29 is 13.6 Å². The quantitative estimate of drug-likeness (QED) is 0.660. The van der Waals surface area contributed by atoms with Crippen LogP contribution in [0.2, 0.25) is 0 Å². The van der Waals surface area contributed by atoms with E-state index in [4.69, 9.17) is 0 Å². The van der Waals surface area contributed by atoms with Crippen molar-refractivity contribution in [1.29, 1.82) is 0 Å². The van der Waals surface area contributed by atoms with E-state index in [1.165, 1.54) is 7.05 Å². The number of halogens is 2. The lowest BCUT2D eigenvalue weighted by molar-refractivity contribution is -0.131. The van der Waals surface area contributed by atoms with Crippen LogP contribution in [0.15, 0.2) is 0 Å². The van der Waals surface area contributed by atoms with E-state index in [0.29, 0.717) is 6.54 Å². The van der Waals surface area contributed by atoms with Gasteiger partial charge in [0.1, 0.15) is 0 Å². The molecular formula is C7H14F2N2O. The zero-order valence-electron chi connectivity index (χ0n) is 7.31. The zero-order chi connectivity index (χ0) is 9.56. The molecule has 0 atom stereocenters. The zero-order valence-corrected chi connectivity index (χ0v) is 7.31. The molecule has 0 aromatic carbocycles. The highest BCUT2D eigenvalue weighted by atomic mass is 19.3. The van der Waals surface area contributed by atoms with Gasteiger partial charge in [0.15, 0.2) is 0 Å². The Labute approximate surface area is 70.7 Å². The molecule has 12 heavy (non-hydrogen) atoms. The number of rotatable bonds is 5. The Morgan fingerprint density at radius 1 is 1.58 bits per heavy atom. The van der Waals surface area contributed by atoms with Crippen molar-refractivity contribution >= 4 is 5.91 Å². The van der Waals surface area contributed by atoms with Gasteiger partial charge in [0.2, 0.25) is 5.91 Å². The van der Waals surface area contributed by atoms with E-state index >= 15 is 0 Å². The van der Waals surface area contributed by atoms with E-state index in [1.807, 2.05) is 0 Å². The second kappa shape index (κ2) is 5.88. The van der Waals surface area contributed by atoms with Gasteiger partial charge in [-0.05, 0) is 7.05 Å². The maximum atomic E-state index is 11.8. The number of amides is 1. The highest BCUT2D eigenvalue weighted by molar-refractivity contribution is 5.76. The van der Waals surface area contributed by atoms with Crippen molar-refractivity contribution in [3.05, 3.63) is 0 Å². The molecule has 0 rings (SSSR count). The summed E-state index contributed by atoms with van der Waals surface area (Å²) in [5.41, 5.74) is 0. The Kier molecular flexibility index (Phi) is 5.53. The van der Waals surface area contributed by atoms with E-state index in [1.54, 1.807) is 7.05 Å². The molecule has 1 amide bonds. The largest absolute Gasteiger partial charge is 0.340 e. The summed E-state index contributed by atoms with van der Waals surface area (Å²) in [6, 6.07) is 0. The minimum atomic E-state index is -2.45. The van der Waals surface area contributed by atoms with Crippen LogP contribution in [-0.2, 0) is 4.79 Å². The van der Waals surface area contributed by atoms with E-state index in [2.05, 4.69) is 5.32 Å². The fourth-order valence-electron chi connectivity index (χ4n) is 0.732. The molecule has 0 radical (unpaired) electrons. The third-order valence-corrected chi connectivity index (χ3v) is 1.43. The monoisotopic (exact) mass is 180 g/mol. The van der Waals surface area contributed by atoms with Crippen LogP contribution in [0.25, 0.3) is 0 Å². The summed E-state index contributed by atoms with van der Waals surface area (Å²) in [5, 5.41) is 2.77. The SMILES string of the molecule is CNCCC(=O)N(C)CC(F)F. The predicted molar refractivity (Wildman–Crippen MR) is 42.2 cm³/mol. The number of carbonyl (C=O) groups excluding carboxylic acids is 1. The number of nitrogens with zero attached hydrogens (tertiary/aromatic N) is 1. The topological polar surface area (TPSA) is 32.3 Å². The van der Waals surface area contributed by atoms with Crippen molar-refractivity contribution in [2.45, 2.75) is 12.8 Å². The molecule has 0 aromatic heterocycles. The van der Waals surface area contributed by atoms with Crippen LogP contribution in [0.5, 0.6) is 0 Å². The molecule has 72 valence electrons. The molecule has 0 heterocycles. The fourth-order valence-corrected chi connectivity index (χ4v) is 0.732. The summed E-state index contributed by atoms with van der Waals surface area (Å²) in [6.45, 7) is 0.0367. The molecule has 3 nitrogen and oxygen atoms in total. The van der Waals surface area contributed by atoms with Crippen LogP contribution in [0.4, 0.5) is 8.78 Å². The van der Waals surface area contributed by atoms with E-state index in [-0.39, 0.29) is 12.3 Å². The summed E-state index contributed by atoms with van der Waals surface area (Å²) in [5.74, 6) is -0.260. The van der Waals surface area contributed by atoms with Crippen LogP contribution in [0.1, 0.15) is 6.42 Å². The second-order valence-corrected chi connectivity index (χ2v) is 2.52. The van der Waals surface area contributed by atoms with Gasteiger partial charge in [0.25, 0.3) is 6.43 Å². The first-order valence-electron chi connectivity index (χ1n) is 3.74. The van der Waals surface area contributed by atoms with Crippen LogP contribution < -0.4 is 5.32 Å². The van der Waals surface area contributed by atoms with Crippen LogP contribution in [-0.4, -0.2) is 44.4 Å². The molecule has 0 saturated carbocycles. The molecule has 0 spiro atoms. The molecule has 0 aliphatic rings. The van der Waals surface area contributed by atoms with Gasteiger partial charge < -0.3 is 10.2 Å². The van der Waals surface area contributed by atoms with Gasteiger partial charge in [0, 0.05) is 20.0 Å². The summed E-state index contributed by atoms with van der Waals surface area (Å²) in [6.07, 6.45) is -2.19. The summed E-state index contributed by atoms with van der Waals surface area (Å²) >= 11 is 0. The minimum Gasteiger partial charge on any atom is -0.340 e. The molecule has 5 heteroatoms. The van der Waals surface area contributed by atoms with Gasteiger partial charge in [-0.1, -0.05) is 0 Å². The lowest BCUT2D eigenvalue weighted by atomic mass is 10.3. The predicted octanol–water partition coefficient (Wildman–Crippen LogP) is 0.319. The van der Waals surface area contributed by atoms with Gasteiger partial charge in [0.05, 0.1) is 6.54 Å². The molecule has 0 aromatic rings. The first-order chi connectivity index (χ1) is 5.57. The Balaban J connectivity index is 3.61. The van der Waals surface area contributed by atoms with Gasteiger partial charge in [-0.3, -0.25) is 4.79 Å². The number of hydrogen-bond acceptors (Lipinski definition) is 2. The van der Waals surface area contributed by atoms with Crippen molar-refractivity contribution in [3.63, 3.8) is 0 Å². The first-order valence-corrected chi connectivity index (χ1v) is 3.74. The number of alkyl halides is 2. The third kappa shape index (κ3) is 5.01. The smallest absolute Gasteiger partial charge is 0.255 e. The van der Waals surface area contributed by atoms with Crippen LogP contribution in [0, 0.1) is 0 Å². The molecule has 0 fully saturated rings. The minimum absolute atomic E-state index is 0.260. The second-order valence-electron chi connectivity index (χ2n) is 2.52. The van der Waals surface area contributed by atoms with Gasteiger partial charge in [-0.2, -0.15) is 0 Å². The van der Waals surface area contributed by atoms with Crippen molar-refractivity contribution in [2.24, 2.45) is 0 Å². The molecule has 1 N–H and O–H groups in total. The lowest BCUT2D eigenvalue weighted by Crippen LogP contribution is -2.32. The number of hydrogen-bond donors (Lipinski definition) is 1. The van der Waals surface area contributed by atoms with Gasteiger partial charge >= 0.3 is 0 Å². The Bertz CT molecular complexity index is 141. The maximum absolute atomic E-state index is 11.8. The molecule has 0 aliphatic carbocycles. The number of nitrogens with one attached hydrogen (secondary N) is 1. The Hall–Kier alpha value is -0.710. The maximum Gasteiger partial charge on any atom is 0.255 e. The summed E-state index contributed by atoms with van der Waals surface area (Å²) in [4.78, 5) is 12.0. The molecule has 0 aliphatic heterocycles. The molecule has 0 unspecified atom stereocenters. The summed E-state index contributed by atoms with van der Waals surface area (Å²) in [7, 11) is 3.09. The van der Waals surface area contributed by atoms with Gasteiger partial charge in [-0.15, -0.1) is 0 Å². The van der Waals surface area contributed by atoms with Crippen molar-refractivity contribution in [1.82, 2.24) is 10.2 Å². The fraction of sp³-hybridized carbons (Fsp3) is 0.857. The normalized spacial score (nSPS) is 10.4. The Morgan fingerprint density at radius 3 is 2.58 bits per heavy atom. The van der Waals surface area contributed by atoms with E-state index in [9.17, 15) is 13.6 Å². The summed E-state index contributed by atoms with van der Waals surface area (Å²) < 4.78 is 23.5. The third-order valence-electron chi connectivity index (χ3n) is 1.43. The standard InChI is InChI=1S/C7H14F2N2O/c1-10-4-3-7(12)11(2)5-6(8)9/h6,10H,3-5H2,1-2H3. The lowest BCUT2D eigenvalue weighted by Gasteiger charge is -2.15. The average molecular weight is 180 g/mol. The van der Waals surface area contributed by atoms with Crippen LogP contribution >= 0.6 is 0 Å². The highest BCUT2D eigenvalue weighted by Crippen LogP contribution is 1.97. The van der Waals surface area contributed by atoms with Crippen molar-refractivity contribution in [3.8, 4) is 0 Å². The van der Waals surface area contributed by atoms with Gasteiger partial charge in [-0.25, -0.2) is 8.78 Å². The molecular weight excluding hydrogens is 166 g/mol. The Morgan fingerprint density at radius 2 is 2.17 bits per heavy atom. The molecule has 0 bridgehead atoms. The van der Waals surface area contributed by atoms with E-state index in [0.717, 1.165) is 4.90 Å². The highest BCUT2D eigenvalue weighted by Gasteiger charge is 2.12. The first kappa shape index (κ1) is 11.3. The number of carbonyl (C=O) groups is 1. The van der Waals surface area contributed by atoms with E-state index < -0.39 is 13.0 Å². The average Bonchev–Trinajstić information content (AvgIpc) is 1.98.